The minimum absolute atomic E-state index is 0.0571. The number of nitrogens with one attached hydrogen (secondary N) is 1. The number of amides is 1. The minimum atomic E-state index is -0.616. The highest BCUT2D eigenvalue weighted by Crippen LogP contribution is 2.24. The van der Waals surface area contributed by atoms with Gasteiger partial charge >= 0.3 is 5.69 Å². The Hall–Kier alpha value is -2.83. The van der Waals surface area contributed by atoms with Gasteiger partial charge in [0.2, 0.25) is 5.91 Å². The van der Waals surface area contributed by atoms with Crippen LogP contribution in [0, 0.1) is 5.92 Å². The molecule has 0 spiro atoms. The molecule has 0 saturated carbocycles. The van der Waals surface area contributed by atoms with E-state index >= 15 is 0 Å². The first-order valence-corrected chi connectivity index (χ1v) is 11.4. The number of aromatic amines is 1. The Morgan fingerprint density at radius 3 is 2.58 bits per heavy atom. The van der Waals surface area contributed by atoms with Crippen LogP contribution in [0.4, 0.5) is 11.5 Å². The van der Waals surface area contributed by atoms with Crippen LogP contribution >= 0.6 is 0 Å². The molecule has 3 rings (SSSR count). The lowest BCUT2D eigenvalue weighted by Crippen LogP contribution is -2.43. The number of aromatic nitrogens is 2. The SMILES string of the molecule is CCCCn1c(N)c(N(CC(C)C)C(=O)Cc2ccc3c(c2)CCCC3)c(=O)[nH]c1=O. The lowest BCUT2D eigenvalue weighted by molar-refractivity contribution is -0.118. The number of carbonyl (C=O) groups is 1. The van der Waals surface area contributed by atoms with Crippen molar-refractivity contribution in [2.45, 2.75) is 72.3 Å². The predicted molar refractivity (Wildman–Crippen MR) is 125 cm³/mol. The number of rotatable bonds is 8. The van der Waals surface area contributed by atoms with Crippen LogP contribution in [0.1, 0.15) is 63.1 Å². The van der Waals surface area contributed by atoms with E-state index in [1.807, 2.05) is 26.8 Å². The Morgan fingerprint density at radius 1 is 1.19 bits per heavy atom. The Kier molecular flexibility index (Phi) is 7.36. The van der Waals surface area contributed by atoms with E-state index in [9.17, 15) is 14.4 Å². The summed E-state index contributed by atoms with van der Waals surface area (Å²) in [6.07, 6.45) is 6.35. The summed E-state index contributed by atoms with van der Waals surface area (Å²) in [6, 6.07) is 6.25. The fourth-order valence-electron chi connectivity index (χ4n) is 4.23. The van der Waals surface area contributed by atoms with E-state index < -0.39 is 11.2 Å². The molecule has 0 fully saturated rings. The normalized spacial score (nSPS) is 13.3. The molecule has 1 aromatic carbocycles. The van der Waals surface area contributed by atoms with Gasteiger partial charge in [-0.25, -0.2) is 4.79 Å². The van der Waals surface area contributed by atoms with E-state index in [1.165, 1.54) is 33.4 Å². The van der Waals surface area contributed by atoms with E-state index in [4.69, 9.17) is 5.73 Å². The van der Waals surface area contributed by atoms with E-state index in [0.29, 0.717) is 13.1 Å². The van der Waals surface area contributed by atoms with Crippen molar-refractivity contribution in [1.29, 1.82) is 0 Å². The van der Waals surface area contributed by atoms with Crippen molar-refractivity contribution in [1.82, 2.24) is 9.55 Å². The molecule has 0 unspecified atom stereocenters. The van der Waals surface area contributed by atoms with Gasteiger partial charge in [-0.15, -0.1) is 0 Å². The van der Waals surface area contributed by atoms with E-state index in [2.05, 4.69) is 17.1 Å². The maximum Gasteiger partial charge on any atom is 0.330 e. The number of hydrogen-bond acceptors (Lipinski definition) is 4. The molecule has 3 N–H and O–H groups in total. The van der Waals surface area contributed by atoms with Crippen LogP contribution in [-0.2, 0) is 30.6 Å². The molecule has 7 nitrogen and oxygen atoms in total. The number of anilines is 2. The summed E-state index contributed by atoms with van der Waals surface area (Å²) < 4.78 is 1.36. The van der Waals surface area contributed by atoms with Crippen molar-refractivity contribution >= 4 is 17.4 Å². The Bertz CT molecular complexity index is 1050. The summed E-state index contributed by atoms with van der Waals surface area (Å²) in [4.78, 5) is 42.2. The standard InChI is InChI=1S/C24H34N4O3/c1-4-5-12-27-22(25)21(23(30)26-24(27)31)28(15-16(2)3)20(29)14-17-10-11-18-8-6-7-9-19(18)13-17/h10-11,13,16H,4-9,12,14-15,25H2,1-3H3,(H,26,30,31). The second-order valence-corrected chi connectivity index (χ2v) is 8.88. The number of nitrogens with zero attached hydrogens (tertiary/aromatic N) is 2. The van der Waals surface area contributed by atoms with Crippen molar-refractivity contribution in [3.8, 4) is 0 Å². The van der Waals surface area contributed by atoms with Crippen LogP contribution in [0.3, 0.4) is 0 Å². The predicted octanol–water partition coefficient (Wildman–Crippen LogP) is 3.03. The molecule has 1 aliphatic carbocycles. The third kappa shape index (κ3) is 5.27. The van der Waals surface area contributed by atoms with Crippen molar-refractivity contribution in [2.75, 3.05) is 17.2 Å². The number of H-pyrrole nitrogens is 1. The highest BCUT2D eigenvalue weighted by molar-refractivity contribution is 5.96. The zero-order chi connectivity index (χ0) is 22.5. The highest BCUT2D eigenvalue weighted by Gasteiger charge is 2.25. The molecule has 1 amide bonds. The summed E-state index contributed by atoms with van der Waals surface area (Å²) >= 11 is 0. The first kappa shape index (κ1) is 22.8. The summed E-state index contributed by atoms with van der Waals surface area (Å²) in [6.45, 7) is 6.73. The van der Waals surface area contributed by atoms with Gasteiger partial charge in [-0.2, -0.15) is 0 Å². The minimum Gasteiger partial charge on any atom is -0.383 e. The fourth-order valence-corrected chi connectivity index (χ4v) is 4.23. The number of nitrogen functional groups attached to an aromatic ring is 1. The van der Waals surface area contributed by atoms with Crippen LogP contribution in [0.5, 0.6) is 0 Å². The topological polar surface area (TPSA) is 101 Å². The van der Waals surface area contributed by atoms with Gasteiger partial charge in [-0.3, -0.25) is 19.1 Å². The van der Waals surface area contributed by atoms with Crippen LogP contribution in [0.2, 0.25) is 0 Å². The van der Waals surface area contributed by atoms with Gasteiger partial charge in [-0.05, 0) is 54.7 Å². The van der Waals surface area contributed by atoms with Crippen molar-refractivity contribution in [3.63, 3.8) is 0 Å². The summed E-state index contributed by atoms with van der Waals surface area (Å²) in [5, 5.41) is 0. The second kappa shape index (κ2) is 9.98. The van der Waals surface area contributed by atoms with Crippen LogP contribution < -0.4 is 21.9 Å². The van der Waals surface area contributed by atoms with Gasteiger partial charge in [-0.1, -0.05) is 45.4 Å². The second-order valence-electron chi connectivity index (χ2n) is 8.88. The molecule has 1 heterocycles. The van der Waals surface area contributed by atoms with Crippen molar-refractivity contribution in [2.24, 2.45) is 5.92 Å². The molecular weight excluding hydrogens is 392 g/mol. The third-order valence-electron chi connectivity index (χ3n) is 5.84. The summed E-state index contributed by atoms with van der Waals surface area (Å²) in [5.41, 5.74) is 8.82. The average Bonchev–Trinajstić information content (AvgIpc) is 2.72. The molecule has 0 saturated heterocycles. The molecule has 168 valence electrons. The Morgan fingerprint density at radius 2 is 1.90 bits per heavy atom. The Balaban J connectivity index is 1.96. The first-order valence-electron chi connectivity index (χ1n) is 11.4. The smallest absolute Gasteiger partial charge is 0.330 e. The summed E-state index contributed by atoms with van der Waals surface area (Å²) in [5.74, 6) is -0.00806. The third-order valence-corrected chi connectivity index (χ3v) is 5.84. The van der Waals surface area contributed by atoms with Crippen molar-refractivity contribution < 1.29 is 4.79 Å². The number of nitrogens with two attached hydrogens (primary N) is 1. The first-order chi connectivity index (χ1) is 14.8. The maximum absolute atomic E-state index is 13.4. The molecule has 7 heteroatoms. The molecule has 0 atom stereocenters. The molecule has 1 aromatic heterocycles. The van der Waals surface area contributed by atoms with Gasteiger partial charge in [0.15, 0.2) is 5.69 Å². The number of carbonyl (C=O) groups excluding carboxylic acids is 1. The molecule has 2 aromatic rings. The van der Waals surface area contributed by atoms with Gasteiger partial charge in [0.1, 0.15) is 5.82 Å². The average molecular weight is 427 g/mol. The quantitative estimate of drug-likeness (QED) is 0.677. The number of unbranched alkanes of at least 4 members (excludes halogenated alkanes) is 1. The van der Waals surface area contributed by atoms with E-state index in [-0.39, 0.29) is 29.8 Å². The van der Waals surface area contributed by atoms with Crippen LogP contribution in [0.25, 0.3) is 0 Å². The zero-order valence-corrected chi connectivity index (χ0v) is 18.9. The van der Waals surface area contributed by atoms with E-state index in [1.54, 1.807) is 0 Å². The van der Waals surface area contributed by atoms with Gasteiger partial charge in [0.05, 0.1) is 6.42 Å². The van der Waals surface area contributed by atoms with Gasteiger partial charge in [0.25, 0.3) is 5.56 Å². The monoisotopic (exact) mass is 426 g/mol. The lowest BCUT2D eigenvalue weighted by Gasteiger charge is -2.26. The number of hydrogen-bond donors (Lipinski definition) is 2. The highest BCUT2D eigenvalue weighted by atomic mass is 16.2. The molecule has 31 heavy (non-hydrogen) atoms. The fraction of sp³-hybridized carbons (Fsp3) is 0.542. The molecule has 0 radical (unpaired) electrons. The lowest BCUT2D eigenvalue weighted by atomic mass is 9.90. The number of aryl methyl sites for hydroxylation is 2. The number of benzene rings is 1. The number of fused-ring (bicyclic) bond motifs is 1. The van der Waals surface area contributed by atoms with Gasteiger partial charge in [0, 0.05) is 13.1 Å². The molecule has 1 aliphatic rings. The van der Waals surface area contributed by atoms with Crippen LogP contribution in [-0.4, -0.2) is 22.0 Å². The summed E-state index contributed by atoms with van der Waals surface area (Å²) in [7, 11) is 0. The van der Waals surface area contributed by atoms with Crippen molar-refractivity contribution in [3.05, 3.63) is 55.7 Å². The molecular formula is C24H34N4O3. The molecule has 0 bridgehead atoms. The molecule has 0 aliphatic heterocycles. The zero-order valence-electron chi connectivity index (χ0n) is 18.9. The van der Waals surface area contributed by atoms with E-state index in [0.717, 1.165) is 31.2 Å². The Labute approximate surface area is 183 Å². The van der Waals surface area contributed by atoms with Gasteiger partial charge < -0.3 is 10.6 Å². The van der Waals surface area contributed by atoms with Crippen LogP contribution in [0.15, 0.2) is 27.8 Å². The maximum atomic E-state index is 13.4. The largest absolute Gasteiger partial charge is 0.383 e.